The maximum atomic E-state index is 12.0. The van der Waals surface area contributed by atoms with Gasteiger partial charge in [0.25, 0.3) is 0 Å². The highest BCUT2D eigenvalue weighted by molar-refractivity contribution is 5.99. The summed E-state index contributed by atoms with van der Waals surface area (Å²) in [5, 5.41) is 0. The molecule has 108 valence electrons. The number of hydrogen-bond acceptors (Lipinski definition) is 2. The fourth-order valence-corrected chi connectivity index (χ4v) is 2.88. The van der Waals surface area contributed by atoms with Gasteiger partial charge >= 0.3 is 0 Å². The van der Waals surface area contributed by atoms with E-state index in [4.69, 9.17) is 0 Å². The topological polar surface area (TPSA) is 23.6 Å². The quantitative estimate of drug-likeness (QED) is 0.849. The minimum atomic E-state index is 0.0233. The van der Waals surface area contributed by atoms with Crippen molar-refractivity contribution in [3.63, 3.8) is 0 Å². The van der Waals surface area contributed by atoms with E-state index in [1.54, 1.807) is 11.8 Å². The molecule has 1 aliphatic rings. The zero-order chi connectivity index (χ0) is 14.7. The summed E-state index contributed by atoms with van der Waals surface area (Å²) >= 11 is 0. The molecule has 0 atom stereocenters. The molecule has 21 heavy (non-hydrogen) atoms. The van der Waals surface area contributed by atoms with E-state index in [1.807, 2.05) is 42.5 Å². The summed E-state index contributed by atoms with van der Waals surface area (Å²) in [5.41, 5.74) is 3.06. The standard InChI is InChI=1S/C18H20N2O/c1-15(21)20(17-7-3-2-4-8-17)18-11-9-16(10-12-18)19-13-5-6-14-19/h2-4,7-12H,5-6,13-14H2,1H3. The first kappa shape index (κ1) is 13.7. The Kier molecular flexibility index (Phi) is 3.91. The Morgan fingerprint density at radius 3 is 2.05 bits per heavy atom. The SMILES string of the molecule is CC(=O)N(c1ccccc1)c1ccc(N2CCCC2)cc1. The van der Waals surface area contributed by atoms with E-state index in [9.17, 15) is 4.79 Å². The molecule has 1 heterocycles. The van der Waals surface area contributed by atoms with Gasteiger partial charge in [0.1, 0.15) is 0 Å². The average molecular weight is 280 g/mol. The third kappa shape index (κ3) is 2.92. The Labute approximate surface area is 125 Å². The summed E-state index contributed by atoms with van der Waals surface area (Å²) in [5.74, 6) is 0.0233. The van der Waals surface area contributed by atoms with Crippen molar-refractivity contribution in [2.24, 2.45) is 0 Å². The van der Waals surface area contributed by atoms with E-state index in [0.29, 0.717) is 0 Å². The lowest BCUT2D eigenvalue weighted by atomic mass is 10.2. The van der Waals surface area contributed by atoms with Crippen LogP contribution in [-0.2, 0) is 4.79 Å². The normalized spacial score (nSPS) is 14.2. The molecule has 3 rings (SSSR count). The number of carbonyl (C=O) groups excluding carboxylic acids is 1. The fraction of sp³-hybridized carbons (Fsp3) is 0.278. The van der Waals surface area contributed by atoms with Gasteiger partial charge in [-0.3, -0.25) is 9.69 Å². The third-order valence-corrected chi connectivity index (χ3v) is 3.91. The lowest BCUT2D eigenvalue weighted by molar-refractivity contribution is -0.115. The molecule has 0 aromatic heterocycles. The molecule has 0 bridgehead atoms. The van der Waals surface area contributed by atoms with E-state index in [1.165, 1.54) is 18.5 Å². The van der Waals surface area contributed by atoms with Crippen molar-refractivity contribution in [1.29, 1.82) is 0 Å². The van der Waals surface area contributed by atoms with Crippen LogP contribution >= 0.6 is 0 Å². The summed E-state index contributed by atoms with van der Waals surface area (Å²) in [6.45, 7) is 3.87. The van der Waals surface area contributed by atoms with E-state index < -0.39 is 0 Å². The Balaban J connectivity index is 1.88. The van der Waals surface area contributed by atoms with Gasteiger partial charge in [0.2, 0.25) is 5.91 Å². The number of rotatable bonds is 3. The number of amides is 1. The van der Waals surface area contributed by atoms with Crippen molar-refractivity contribution >= 4 is 23.0 Å². The lowest BCUT2D eigenvalue weighted by Gasteiger charge is -2.23. The van der Waals surface area contributed by atoms with Crippen LogP contribution in [0.3, 0.4) is 0 Å². The Morgan fingerprint density at radius 2 is 1.48 bits per heavy atom. The Bertz CT molecular complexity index is 601. The minimum Gasteiger partial charge on any atom is -0.372 e. The van der Waals surface area contributed by atoms with Gasteiger partial charge in [-0.1, -0.05) is 18.2 Å². The molecule has 1 amide bonds. The van der Waals surface area contributed by atoms with Gasteiger partial charge in [-0.2, -0.15) is 0 Å². The number of nitrogens with zero attached hydrogens (tertiary/aromatic N) is 2. The van der Waals surface area contributed by atoms with Crippen molar-refractivity contribution in [2.75, 3.05) is 22.9 Å². The van der Waals surface area contributed by atoms with E-state index in [2.05, 4.69) is 17.0 Å². The second kappa shape index (κ2) is 6.00. The molecule has 1 aliphatic heterocycles. The van der Waals surface area contributed by atoms with Crippen molar-refractivity contribution in [1.82, 2.24) is 0 Å². The highest BCUT2D eigenvalue weighted by Gasteiger charge is 2.15. The summed E-state index contributed by atoms with van der Waals surface area (Å²) < 4.78 is 0. The van der Waals surface area contributed by atoms with Crippen LogP contribution in [0.25, 0.3) is 0 Å². The van der Waals surface area contributed by atoms with E-state index >= 15 is 0 Å². The molecule has 0 spiro atoms. The van der Waals surface area contributed by atoms with Gasteiger partial charge in [0, 0.05) is 37.1 Å². The van der Waals surface area contributed by atoms with Gasteiger partial charge in [-0.25, -0.2) is 0 Å². The van der Waals surface area contributed by atoms with Gasteiger partial charge in [-0.05, 0) is 49.2 Å². The molecule has 2 aromatic rings. The van der Waals surface area contributed by atoms with Crippen LogP contribution in [0.2, 0.25) is 0 Å². The summed E-state index contributed by atoms with van der Waals surface area (Å²) in [7, 11) is 0. The molecule has 0 unspecified atom stereocenters. The first-order chi connectivity index (χ1) is 10.3. The highest BCUT2D eigenvalue weighted by Crippen LogP contribution is 2.28. The van der Waals surface area contributed by atoms with Crippen molar-refractivity contribution < 1.29 is 4.79 Å². The lowest BCUT2D eigenvalue weighted by Crippen LogP contribution is -2.23. The number of para-hydroxylation sites is 1. The third-order valence-electron chi connectivity index (χ3n) is 3.91. The maximum absolute atomic E-state index is 12.0. The second-order valence-corrected chi connectivity index (χ2v) is 5.40. The Morgan fingerprint density at radius 1 is 0.905 bits per heavy atom. The molecule has 1 fully saturated rings. The predicted octanol–water partition coefficient (Wildman–Crippen LogP) is 3.97. The Hall–Kier alpha value is -2.29. The molecule has 1 saturated heterocycles. The molecule has 3 nitrogen and oxygen atoms in total. The molecular formula is C18H20N2O. The average Bonchev–Trinajstić information content (AvgIpc) is 3.03. The van der Waals surface area contributed by atoms with Gasteiger partial charge in [-0.15, -0.1) is 0 Å². The smallest absolute Gasteiger partial charge is 0.228 e. The molecule has 2 aromatic carbocycles. The van der Waals surface area contributed by atoms with Crippen LogP contribution in [0, 0.1) is 0 Å². The predicted molar refractivity (Wildman–Crippen MR) is 87.2 cm³/mol. The monoisotopic (exact) mass is 280 g/mol. The number of hydrogen-bond donors (Lipinski definition) is 0. The van der Waals surface area contributed by atoms with Crippen molar-refractivity contribution in [3.05, 3.63) is 54.6 Å². The molecule has 0 aliphatic carbocycles. The summed E-state index contributed by atoms with van der Waals surface area (Å²) in [6.07, 6.45) is 2.54. The van der Waals surface area contributed by atoms with Gasteiger partial charge in [0.05, 0.1) is 0 Å². The molecule has 3 heteroatoms. The van der Waals surface area contributed by atoms with E-state index in [0.717, 1.165) is 24.5 Å². The number of anilines is 3. The molecule has 0 N–H and O–H groups in total. The molecule has 0 radical (unpaired) electrons. The molecular weight excluding hydrogens is 260 g/mol. The van der Waals surface area contributed by atoms with Crippen LogP contribution in [0.1, 0.15) is 19.8 Å². The van der Waals surface area contributed by atoms with Crippen LogP contribution < -0.4 is 9.80 Å². The largest absolute Gasteiger partial charge is 0.372 e. The zero-order valence-electron chi connectivity index (χ0n) is 12.3. The van der Waals surface area contributed by atoms with Gasteiger partial charge < -0.3 is 4.90 Å². The van der Waals surface area contributed by atoms with Gasteiger partial charge in [0.15, 0.2) is 0 Å². The van der Waals surface area contributed by atoms with Crippen molar-refractivity contribution in [2.45, 2.75) is 19.8 Å². The fourth-order valence-electron chi connectivity index (χ4n) is 2.88. The van der Waals surface area contributed by atoms with Crippen LogP contribution in [0.15, 0.2) is 54.6 Å². The highest BCUT2D eigenvalue weighted by atomic mass is 16.2. The second-order valence-electron chi connectivity index (χ2n) is 5.40. The maximum Gasteiger partial charge on any atom is 0.228 e. The summed E-state index contributed by atoms with van der Waals surface area (Å²) in [6, 6.07) is 18.0. The minimum absolute atomic E-state index is 0.0233. The first-order valence-corrected chi connectivity index (χ1v) is 7.46. The van der Waals surface area contributed by atoms with Crippen LogP contribution in [0.4, 0.5) is 17.1 Å². The van der Waals surface area contributed by atoms with Crippen LogP contribution in [-0.4, -0.2) is 19.0 Å². The van der Waals surface area contributed by atoms with Crippen LogP contribution in [0.5, 0.6) is 0 Å². The number of carbonyl (C=O) groups is 1. The summed E-state index contributed by atoms with van der Waals surface area (Å²) in [4.78, 5) is 16.1. The van der Waals surface area contributed by atoms with Crippen molar-refractivity contribution in [3.8, 4) is 0 Å². The molecule has 0 saturated carbocycles. The zero-order valence-corrected chi connectivity index (χ0v) is 12.3. The van der Waals surface area contributed by atoms with E-state index in [-0.39, 0.29) is 5.91 Å². The first-order valence-electron chi connectivity index (χ1n) is 7.46. The number of benzene rings is 2.